The van der Waals surface area contributed by atoms with Crippen LogP contribution >= 0.6 is 0 Å². The quantitative estimate of drug-likeness (QED) is 0.756. The molecule has 0 spiro atoms. The zero-order valence-electron chi connectivity index (χ0n) is 8.75. The standard InChI is InChI=1S/C11H13FN2O/c1-3-14-7(2)9-5-4-8(11(13)15)6-10(9)12/h4-6H,3H2,1-2H3,(H2,13,15). The number of aliphatic imine (C=N–C) groups is 1. The van der Waals surface area contributed by atoms with E-state index < -0.39 is 11.7 Å². The molecule has 0 bridgehead atoms. The van der Waals surface area contributed by atoms with Gasteiger partial charge in [0.2, 0.25) is 5.91 Å². The molecule has 1 aromatic carbocycles. The average molecular weight is 208 g/mol. The van der Waals surface area contributed by atoms with E-state index in [1.165, 1.54) is 12.1 Å². The van der Waals surface area contributed by atoms with Gasteiger partial charge in [0.25, 0.3) is 0 Å². The van der Waals surface area contributed by atoms with Crippen molar-refractivity contribution >= 4 is 11.6 Å². The Morgan fingerprint density at radius 1 is 1.53 bits per heavy atom. The highest BCUT2D eigenvalue weighted by Crippen LogP contribution is 2.11. The van der Waals surface area contributed by atoms with E-state index in [1.807, 2.05) is 6.92 Å². The van der Waals surface area contributed by atoms with Crippen molar-refractivity contribution in [1.82, 2.24) is 0 Å². The number of halogens is 1. The monoisotopic (exact) mass is 208 g/mol. The molecule has 0 saturated carbocycles. The van der Waals surface area contributed by atoms with Crippen molar-refractivity contribution in [3.63, 3.8) is 0 Å². The van der Waals surface area contributed by atoms with Crippen LogP contribution in [-0.2, 0) is 0 Å². The molecule has 0 radical (unpaired) electrons. The Balaban J connectivity index is 3.14. The Kier molecular flexibility index (Phi) is 3.55. The number of carbonyl (C=O) groups is 1. The molecule has 1 rings (SSSR count). The van der Waals surface area contributed by atoms with Crippen LogP contribution in [0, 0.1) is 5.82 Å². The Hall–Kier alpha value is -1.71. The first kappa shape index (κ1) is 11.4. The number of nitrogens with two attached hydrogens (primary N) is 1. The fraction of sp³-hybridized carbons (Fsp3) is 0.273. The number of benzene rings is 1. The average Bonchev–Trinajstić information content (AvgIpc) is 2.17. The minimum absolute atomic E-state index is 0.167. The first-order valence-electron chi connectivity index (χ1n) is 4.67. The van der Waals surface area contributed by atoms with Crippen LogP contribution < -0.4 is 5.73 Å². The molecule has 80 valence electrons. The SMILES string of the molecule is CCN=C(C)c1ccc(C(N)=O)cc1F. The summed E-state index contributed by atoms with van der Waals surface area (Å²) < 4.78 is 13.5. The zero-order valence-corrected chi connectivity index (χ0v) is 8.75. The van der Waals surface area contributed by atoms with Gasteiger partial charge < -0.3 is 5.73 Å². The third-order valence-corrected chi connectivity index (χ3v) is 2.04. The van der Waals surface area contributed by atoms with E-state index in [1.54, 1.807) is 6.92 Å². The number of rotatable bonds is 3. The van der Waals surface area contributed by atoms with Crippen molar-refractivity contribution in [3.05, 3.63) is 35.1 Å². The maximum atomic E-state index is 13.5. The number of carbonyl (C=O) groups excluding carboxylic acids is 1. The van der Waals surface area contributed by atoms with Crippen LogP contribution in [0.1, 0.15) is 29.8 Å². The fourth-order valence-corrected chi connectivity index (χ4v) is 1.28. The molecule has 15 heavy (non-hydrogen) atoms. The van der Waals surface area contributed by atoms with Gasteiger partial charge in [-0.05, 0) is 32.0 Å². The Morgan fingerprint density at radius 2 is 2.20 bits per heavy atom. The summed E-state index contributed by atoms with van der Waals surface area (Å²) >= 11 is 0. The van der Waals surface area contributed by atoms with Crippen molar-refractivity contribution in [2.45, 2.75) is 13.8 Å². The van der Waals surface area contributed by atoms with Gasteiger partial charge in [0.15, 0.2) is 0 Å². The second kappa shape index (κ2) is 4.68. The van der Waals surface area contributed by atoms with Crippen molar-refractivity contribution in [1.29, 1.82) is 0 Å². The van der Waals surface area contributed by atoms with Gasteiger partial charge in [-0.1, -0.05) is 0 Å². The largest absolute Gasteiger partial charge is 0.366 e. The molecular weight excluding hydrogens is 195 g/mol. The molecule has 3 nitrogen and oxygen atoms in total. The maximum absolute atomic E-state index is 13.5. The van der Waals surface area contributed by atoms with E-state index in [0.29, 0.717) is 17.8 Å². The first-order valence-corrected chi connectivity index (χ1v) is 4.67. The maximum Gasteiger partial charge on any atom is 0.248 e. The molecule has 4 heteroatoms. The minimum Gasteiger partial charge on any atom is -0.366 e. The predicted octanol–water partition coefficient (Wildman–Crippen LogP) is 1.75. The first-order chi connectivity index (χ1) is 7.06. The highest BCUT2D eigenvalue weighted by molar-refractivity contribution is 6.00. The van der Waals surface area contributed by atoms with Gasteiger partial charge in [0.1, 0.15) is 5.82 Å². The molecule has 1 aromatic rings. The lowest BCUT2D eigenvalue weighted by atomic mass is 10.1. The molecule has 0 heterocycles. The Labute approximate surface area is 87.8 Å². The third-order valence-electron chi connectivity index (χ3n) is 2.04. The van der Waals surface area contributed by atoms with Crippen LogP contribution in [0.4, 0.5) is 4.39 Å². The van der Waals surface area contributed by atoms with Crippen LogP contribution in [0.15, 0.2) is 23.2 Å². The van der Waals surface area contributed by atoms with Crippen LogP contribution in [0.3, 0.4) is 0 Å². The lowest BCUT2D eigenvalue weighted by Gasteiger charge is -2.03. The topological polar surface area (TPSA) is 55.4 Å². The van der Waals surface area contributed by atoms with Crippen LogP contribution in [0.2, 0.25) is 0 Å². The summed E-state index contributed by atoms with van der Waals surface area (Å²) in [4.78, 5) is 14.9. The second-order valence-corrected chi connectivity index (χ2v) is 3.12. The molecule has 0 saturated heterocycles. The highest BCUT2D eigenvalue weighted by Gasteiger charge is 2.08. The molecule has 0 aliphatic rings. The summed E-state index contributed by atoms with van der Waals surface area (Å²) in [6, 6.07) is 4.14. The van der Waals surface area contributed by atoms with E-state index >= 15 is 0 Å². The van der Waals surface area contributed by atoms with E-state index in [9.17, 15) is 9.18 Å². The smallest absolute Gasteiger partial charge is 0.248 e. The molecule has 0 fully saturated rings. The number of hydrogen-bond donors (Lipinski definition) is 1. The number of nitrogens with zero attached hydrogens (tertiary/aromatic N) is 1. The molecule has 2 N–H and O–H groups in total. The lowest BCUT2D eigenvalue weighted by Crippen LogP contribution is -2.12. The molecule has 0 unspecified atom stereocenters. The lowest BCUT2D eigenvalue weighted by molar-refractivity contribution is 0.1000. The third kappa shape index (κ3) is 2.62. The molecule has 0 aliphatic heterocycles. The van der Waals surface area contributed by atoms with Gasteiger partial charge in [-0.3, -0.25) is 9.79 Å². The van der Waals surface area contributed by atoms with E-state index in [4.69, 9.17) is 5.73 Å². The molecule has 0 aliphatic carbocycles. The zero-order chi connectivity index (χ0) is 11.4. The van der Waals surface area contributed by atoms with Gasteiger partial charge >= 0.3 is 0 Å². The van der Waals surface area contributed by atoms with Gasteiger partial charge in [0, 0.05) is 23.4 Å². The summed E-state index contributed by atoms with van der Waals surface area (Å²) in [5, 5.41) is 0. The van der Waals surface area contributed by atoms with Crippen molar-refractivity contribution in [2.24, 2.45) is 10.7 Å². The van der Waals surface area contributed by atoms with Crippen LogP contribution in [-0.4, -0.2) is 18.2 Å². The van der Waals surface area contributed by atoms with Crippen molar-refractivity contribution in [2.75, 3.05) is 6.54 Å². The Morgan fingerprint density at radius 3 is 2.67 bits per heavy atom. The Bertz CT molecular complexity index is 413. The van der Waals surface area contributed by atoms with E-state index in [-0.39, 0.29) is 5.56 Å². The number of hydrogen-bond acceptors (Lipinski definition) is 2. The van der Waals surface area contributed by atoms with Gasteiger partial charge in [-0.15, -0.1) is 0 Å². The van der Waals surface area contributed by atoms with Crippen molar-refractivity contribution < 1.29 is 9.18 Å². The summed E-state index contributed by atoms with van der Waals surface area (Å²) in [5.74, 6) is -1.11. The summed E-state index contributed by atoms with van der Waals surface area (Å²) in [6.07, 6.45) is 0. The highest BCUT2D eigenvalue weighted by atomic mass is 19.1. The van der Waals surface area contributed by atoms with E-state index in [2.05, 4.69) is 4.99 Å². The van der Waals surface area contributed by atoms with Crippen molar-refractivity contribution in [3.8, 4) is 0 Å². The minimum atomic E-state index is -0.634. The van der Waals surface area contributed by atoms with Gasteiger partial charge in [0.05, 0.1) is 0 Å². The van der Waals surface area contributed by atoms with Gasteiger partial charge in [-0.25, -0.2) is 4.39 Å². The summed E-state index contributed by atoms with van der Waals surface area (Å²) in [7, 11) is 0. The van der Waals surface area contributed by atoms with E-state index in [0.717, 1.165) is 6.07 Å². The summed E-state index contributed by atoms with van der Waals surface area (Å²) in [5.41, 5.74) is 6.22. The summed E-state index contributed by atoms with van der Waals surface area (Å²) in [6.45, 7) is 4.20. The number of amides is 1. The molecule has 0 atom stereocenters. The fourth-order valence-electron chi connectivity index (χ4n) is 1.28. The van der Waals surface area contributed by atoms with Crippen LogP contribution in [0.5, 0.6) is 0 Å². The normalized spacial score (nSPS) is 11.5. The van der Waals surface area contributed by atoms with Crippen LogP contribution in [0.25, 0.3) is 0 Å². The second-order valence-electron chi connectivity index (χ2n) is 3.12. The molecular formula is C11H13FN2O. The number of primary amides is 1. The molecule has 1 amide bonds. The van der Waals surface area contributed by atoms with Gasteiger partial charge in [-0.2, -0.15) is 0 Å². The predicted molar refractivity (Wildman–Crippen MR) is 57.7 cm³/mol. The molecule has 0 aromatic heterocycles.